The van der Waals surface area contributed by atoms with E-state index in [1.807, 2.05) is 6.07 Å². The third kappa shape index (κ3) is 4.46. The van der Waals surface area contributed by atoms with Crippen LogP contribution in [0.3, 0.4) is 0 Å². The van der Waals surface area contributed by atoms with Crippen molar-refractivity contribution in [2.45, 2.75) is 31.7 Å². The number of nitrogen functional groups attached to an aromatic ring is 1. The van der Waals surface area contributed by atoms with Crippen molar-refractivity contribution in [3.8, 4) is 11.3 Å². The van der Waals surface area contributed by atoms with Gasteiger partial charge in [-0.1, -0.05) is 66.7 Å². The monoisotopic (exact) mass is 375 g/mol. The SMILES string of the molecule is Nc1nc(-c2ccccc2)c(CCCC2CC(c3ccccc3)=CCN2)s1. The summed E-state index contributed by atoms with van der Waals surface area (Å²) in [7, 11) is 0. The van der Waals surface area contributed by atoms with Gasteiger partial charge in [0.2, 0.25) is 0 Å². The first kappa shape index (κ1) is 18.0. The molecular formula is C23H25N3S. The Morgan fingerprint density at radius 2 is 1.70 bits per heavy atom. The lowest BCUT2D eigenvalue weighted by atomic mass is 9.92. The van der Waals surface area contributed by atoms with Gasteiger partial charge in [-0.15, -0.1) is 11.3 Å². The molecule has 138 valence electrons. The van der Waals surface area contributed by atoms with Gasteiger partial charge in [0.15, 0.2) is 5.13 Å². The Morgan fingerprint density at radius 3 is 2.44 bits per heavy atom. The molecule has 0 aliphatic carbocycles. The van der Waals surface area contributed by atoms with Gasteiger partial charge in [-0.05, 0) is 36.8 Å². The normalized spacial score (nSPS) is 16.9. The zero-order chi connectivity index (χ0) is 18.5. The van der Waals surface area contributed by atoms with E-state index in [9.17, 15) is 0 Å². The molecule has 3 N–H and O–H groups in total. The van der Waals surface area contributed by atoms with E-state index < -0.39 is 0 Å². The van der Waals surface area contributed by atoms with Gasteiger partial charge in [-0.25, -0.2) is 4.98 Å². The van der Waals surface area contributed by atoms with Crippen molar-refractivity contribution in [3.63, 3.8) is 0 Å². The molecule has 0 saturated heterocycles. The molecule has 1 atom stereocenters. The second-order valence-corrected chi connectivity index (χ2v) is 8.10. The Kier molecular flexibility index (Phi) is 5.66. The minimum absolute atomic E-state index is 0.538. The van der Waals surface area contributed by atoms with Crippen LogP contribution in [0.5, 0.6) is 0 Å². The third-order valence-corrected chi connectivity index (χ3v) is 6.03. The van der Waals surface area contributed by atoms with Gasteiger partial charge < -0.3 is 11.1 Å². The molecule has 4 rings (SSSR count). The van der Waals surface area contributed by atoms with Gasteiger partial charge >= 0.3 is 0 Å². The Hall–Kier alpha value is -2.43. The van der Waals surface area contributed by atoms with Crippen molar-refractivity contribution < 1.29 is 0 Å². The van der Waals surface area contributed by atoms with Crippen LogP contribution in [0.25, 0.3) is 16.8 Å². The van der Waals surface area contributed by atoms with Gasteiger partial charge in [0, 0.05) is 23.0 Å². The fourth-order valence-electron chi connectivity index (χ4n) is 3.73. The first-order chi connectivity index (χ1) is 13.3. The highest BCUT2D eigenvalue weighted by atomic mass is 32.1. The maximum Gasteiger partial charge on any atom is 0.180 e. The molecule has 0 saturated carbocycles. The highest BCUT2D eigenvalue weighted by Gasteiger charge is 2.17. The standard InChI is InChI=1S/C23H25N3S/c24-23-26-22(18-10-5-2-6-11-18)21(27-23)13-7-12-20-16-19(14-15-25-20)17-8-3-1-4-9-17/h1-6,8-11,14,20,25H,7,12-13,15-16H2,(H2,24,26). The fourth-order valence-corrected chi connectivity index (χ4v) is 4.63. The predicted octanol–water partition coefficient (Wildman–Crippen LogP) is 5.16. The molecule has 0 spiro atoms. The minimum Gasteiger partial charge on any atom is -0.375 e. The Morgan fingerprint density at radius 1 is 1.00 bits per heavy atom. The zero-order valence-corrected chi connectivity index (χ0v) is 16.2. The Balaban J connectivity index is 1.36. The number of benzene rings is 2. The number of aryl methyl sites for hydroxylation is 1. The number of rotatable bonds is 6. The summed E-state index contributed by atoms with van der Waals surface area (Å²) in [5, 5.41) is 4.30. The molecule has 1 unspecified atom stereocenters. The van der Waals surface area contributed by atoms with E-state index in [-0.39, 0.29) is 0 Å². The Labute approximate surface area is 165 Å². The van der Waals surface area contributed by atoms with E-state index in [0.717, 1.165) is 43.5 Å². The van der Waals surface area contributed by atoms with E-state index >= 15 is 0 Å². The summed E-state index contributed by atoms with van der Waals surface area (Å²) in [5.74, 6) is 0. The predicted molar refractivity (Wildman–Crippen MR) is 116 cm³/mol. The quantitative estimate of drug-likeness (QED) is 0.626. The summed E-state index contributed by atoms with van der Waals surface area (Å²) >= 11 is 1.63. The van der Waals surface area contributed by atoms with E-state index in [0.29, 0.717) is 11.2 Å². The van der Waals surface area contributed by atoms with E-state index in [1.54, 1.807) is 11.3 Å². The largest absolute Gasteiger partial charge is 0.375 e. The second-order valence-electron chi connectivity index (χ2n) is 6.99. The highest BCUT2D eigenvalue weighted by molar-refractivity contribution is 7.15. The zero-order valence-electron chi connectivity index (χ0n) is 15.4. The summed E-state index contributed by atoms with van der Waals surface area (Å²) in [4.78, 5) is 5.87. The number of aromatic nitrogens is 1. The van der Waals surface area contributed by atoms with E-state index in [1.165, 1.54) is 16.0 Å². The molecule has 4 heteroatoms. The van der Waals surface area contributed by atoms with Crippen LogP contribution < -0.4 is 11.1 Å². The van der Waals surface area contributed by atoms with Crippen molar-refractivity contribution >= 4 is 22.0 Å². The van der Waals surface area contributed by atoms with Crippen LogP contribution in [0.4, 0.5) is 5.13 Å². The molecule has 2 aromatic carbocycles. The molecular weight excluding hydrogens is 350 g/mol. The van der Waals surface area contributed by atoms with Crippen molar-refractivity contribution in [2.24, 2.45) is 0 Å². The minimum atomic E-state index is 0.538. The van der Waals surface area contributed by atoms with Gasteiger partial charge in [-0.3, -0.25) is 0 Å². The van der Waals surface area contributed by atoms with Crippen LogP contribution in [0, 0.1) is 0 Å². The number of hydrogen-bond donors (Lipinski definition) is 2. The van der Waals surface area contributed by atoms with Crippen molar-refractivity contribution in [2.75, 3.05) is 12.3 Å². The van der Waals surface area contributed by atoms with Gasteiger partial charge in [-0.2, -0.15) is 0 Å². The number of nitrogens with zero attached hydrogens (tertiary/aromatic N) is 1. The smallest absolute Gasteiger partial charge is 0.180 e. The van der Waals surface area contributed by atoms with Crippen LogP contribution in [-0.2, 0) is 6.42 Å². The van der Waals surface area contributed by atoms with Gasteiger partial charge in [0.25, 0.3) is 0 Å². The molecule has 0 fully saturated rings. The van der Waals surface area contributed by atoms with Crippen molar-refractivity contribution in [1.29, 1.82) is 0 Å². The second kappa shape index (κ2) is 8.51. The molecule has 3 nitrogen and oxygen atoms in total. The van der Waals surface area contributed by atoms with Crippen LogP contribution in [0.1, 0.15) is 29.7 Å². The van der Waals surface area contributed by atoms with Crippen LogP contribution in [-0.4, -0.2) is 17.6 Å². The Bertz CT molecular complexity index is 900. The molecule has 1 aliphatic heterocycles. The van der Waals surface area contributed by atoms with E-state index in [2.05, 4.69) is 71.0 Å². The lowest BCUT2D eigenvalue weighted by molar-refractivity contribution is 0.486. The average molecular weight is 376 g/mol. The molecule has 2 heterocycles. The number of hydrogen-bond acceptors (Lipinski definition) is 4. The molecule has 27 heavy (non-hydrogen) atoms. The summed E-state index contributed by atoms with van der Waals surface area (Å²) in [6.07, 6.45) is 6.75. The van der Waals surface area contributed by atoms with Crippen LogP contribution in [0.2, 0.25) is 0 Å². The molecule has 0 bridgehead atoms. The van der Waals surface area contributed by atoms with Crippen LogP contribution >= 0.6 is 11.3 Å². The number of thiazole rings is 1. The molecule has 0 radical (unpaired) electrons. The molecule has 1 aromatic heterocycles. The number of nitrogens with one attached hydrogen (secondary N) is 1. The van der Waals surface area contributed by atoms with Crippen molar-refractivity contribution in [1.82, 2.24) is 10.3 Å². The van der Waals surface area contributed by atoms with Gasteiger partial charge in [0.1, 0.15) is 0 Å². The maximum atomic E-state index is 6.00. The average Bonchev–Trinajstić information content (AvgIpc) is 3.10. The topological polar surface area (TPSA) is 50.9 Å². The summed E-state index contributed by atoms with van der Waals surface area (Å²) < 4.78 is 0. The maximum absolute atomic E-state index is 6.00. The lowest BCUT2D eigenvalue weighted by Crippen LogP contribution is -2.32. The molecule has 1 aliphatic rings. The summed E-state index contributed by atoms with van der Waals surface area (Å²) in [6.45, 7) is 0.956. The number of nitrogens with two attached hydrogens (primary N) is 1. The first-order valence-corrected chi connectivity index (χ1v) is 10.4. The van der Waals surface area contributed by atoms with Crippen LogP contribution in [0.15, 0.2) is 66.7 Å². The fraction of sp³-hybridized carbons (Fsp3) is 0.261. The van der Waals surface area contributed by atoms with E-state index in [4.69, 9.17) is 5.73 Å². The van der Waals surface area contributed by atoms with Crippen molar-refractivity contribution in [3.05, 3.63) is 77.2 Å². The highest BCUT2D eigenvalue weighted by Crippen LogP contribution is 2.31. The summed E-state index contributed by atoms with van der Waals surface area (Å²) in [5.41, 5.74) is 11.0. The third-order valence-electron chi connectivity index (χ3n) is 5.08. The molecule has 3 aromatic rings. The number of anilines is 1. The van der Waals surface area contributed by atoms with Gasteiger partial charge in [0.05, 0.1) is 5.69 Å². The molecule has 0 amide bonds. The summed E-state index contributed by atoms with van der Waals surface area (Å²) in [6, 6.07) is 21.6. The first-order valence-electron chi connectivity index (χ1n) is 9.58. The lowest BCUT2D eigenvalue weighted by Gasteiger charge is -2.24.